The molecular weight excluding hydrogens is 346 g/mol. The number of fused-ring (bicyclic) bond motifs is 1. The fourth-order valence-corrected chi connectivity index (χ4v) is 4.05. The molecule has 0 saturated carbocycles. The van der Waals surface area contributed by atoms with E-state index in [1.165, 1.54) is 49.8 Å². The second-order valence-corrected chi connectivity index (χ2v) is 7.80. The maximum Gasteiger partial charge on any atom is 0.130 e. The zero-order valence-electron chi connectivity index (χ0n) is 16.9. The number of nitrogens with one attached hydrogen (secondary N) is 1. The molecule has 0 amide bonds. The smallest absolute Gasteiger partial charge is 0.130 e. The number of likely N-dealkylation sites (tertiary alicyclic amines) is 1. The summed E-state index contributed by atoms with van der Waals surface area (Å²) < 4.78 is 1.83. The van der Waals surface area contributed by atoms with Crippen molar-refractivity contribution in [3.05, 3.63) is 55.1 Å². The van der Waals surface area contributed by atoms with E-state index >= 15 is 0 Å². The molecular formula is C23H29N5. The van der Waals surface area contributed by atoms with Crippen LogP contribution in [0.15, 0.2) is 55.1 Å². The molecule has 3 aromatic rings. The Bertz CT molecular complexity index is 966. The number of anilines is 1. The molecule has 0 aliphatic carbocycles. The summed E-state index contributed by atoms with van der Waals surface area (Å²) in [6.45, 7) is 10.1. The molecule has 0 spiro atoms. The number of nitrogens with zero attached hydrogens (tertiary/aromatic N) is 4. The fourth-order valence-electron chi connectivity index (χ4n) is 4.05. The number of hydrogen-bond acceptors (Lipinski definition) is 4. The number of hydrogen-bond donors (Lipinski definition) is 1. The average molecular weight is 376 g/mol. The van der Waals surface area contributed by atoms with Crippen LogP contribution in [0.4, 0.5) is 5.82 Å². The van der Waals surface area contributed by atoms with Crippen molar-refractivity contribution in [2.75, 3.05) is 25.0 Å². The summed E-state index contributed by atoms with van der Waals surface area (Å²) in [5.74, 6) is 1.39. The summed E-state index contributed by atoms with van der Waals surface area (Å²) in [7, 11) is 1.94. The molecule has 0 bridgehead atoms. The van der Waals surface area contributed by atoms with Gasteiger partial charge in [0, 0.05) is 42.0 Å². The Hall–Kier alpha value is -2.66. The summed E-state index contributed by atoms with van der Waals surface area (Å²) in [6.07, 6.45) is 9.44. The summed E-state index contributed by atoms with van der Waals surface area (Å²) in [5.41, 5.74) is 3.38. The maximum atomic E-state index is 4.59. The Labute approximate surface area is 167 Å². The molecule has 1 aliphatic rings. The van der Waals surface area contributed by atoms with Gasteiger partial charge in [-0.2, -0.15) is 5.10 Å². The van der Waals surface area contributed by atoms with E-state index in [9.17, 15) is 0 Å². The summed E-state index contributed by atoms with van der Waals surface area (Å²) in [5, 5.41) is 10.1. The van der Waals surface area contributed by atoms with Crippen molar-refractivity contribution in [3.8, 4) is 11.1 Å². The molecule has 0 radical (unpaired) electrons. The van der Waals surface area contributed by atoms with E-state index in [-0.39, 0.29) is 0 Å². The second-order valence-electron chi connectivity index (χ2n) is 7.80. The number of rotatable bonds is 6. The van der Waals surface area contributed by atoms with Crippen molar-refractivity contribution < 1.29 is 0 Å². The molecule has 1 aliphatic heterocycles. The Morgan fingerprint density at radius 2 is 1.96 bits per heavy atom. The number of allylic oxidation sites excluding steroid dienone is 1. The summed E-state index contributed by atoms with van der Waals surface area (Å²) >= 11 is 0. The van der Waals surface area contributed by atoms with Gasteiger partial charge in [0.15, 0.2) is 0 Å². The Morgan fingerprint density at radius 1 is 1.14 bits per heavy atom. The molecule has 3 heterocycles. The Balaban J connectivity index is 1.47. The van der Waals surface area contributed by atoms with Crippen LogP contribution in [0.25, 0.3) is 21.9 Å². The lowest BCUT2D eigenvalue weighted by molar-refractivity contribution is 0.200. The van der Waals surface area contributed by atoms with Crippen LogP contribution in [0.3, 0.4) is 0 Å². The van der Waals surface area contributed by atoms with Gasteiger partial charge >= 0.3 is 0 Å². The lowest BCUT2D eigenvalue weighted by atomic mass is 9.94. The molecule has 0 unspecified atom stereocenters. The lowest BCUT2D eigenvalue weighted by Crippen LogP contribution is -2.35. The maximum absolute atomic E-state index is 4.59. The van der Waals surface area contributed by atoms with Gasteiger partial charge in [-0.15, -0.1) is 0 Å². The molecule has 4 rings (SSSR count). The normalized spacial score (nSPS) is 15.8. The topological polar surface area (TPSA) is 46.0 Å². The van der Waals surface area contributed by atoms with E-state index in [2.05, 4.69) is 58.1 Å². The molecule has 5 heteroatoms. The first-order chi connectivity index (χ1) is 13.6. The van der Waals surface area contributed by atoms with E-state index in [1.807, 2.05) is 30.3 Å². The highest BCUT2D eigenvalue weighted by molar-refractivity contribution is 5.88. The predicted octanol–water partition coefficient (Wildman–Crippen LogP) is 4.68. The minimum Gasteiger partial charge on any atom is -0.344 e. The van der Waals surface area contributed by atoms with Crippen LogP contribution in [0.1, 0.15) is 26.2 Å². The third-order valence-electron chi connectivity index (χ3n) is 5.67. The van der Waals surface area contributed by atoms with E-state index in [4.69, 9.17) is 0 Å². The van der Waals surface area contributed by atoms with Crippen molar-refractivity contribution in [1.29, 1.82) is 0 Å². The lowest BCUT2D eigenvalue weighted by Gasteiger charge is -2.32. The van der Waals surface area contributed by atoms with Gasteiger partial charge in [-0.1, -0.05) is 25.6 Å². The van der Waals surface area contributed by atoms with Crippen molar-refractivity contribution in [1.82, 2.24) is 19.7 Å². The molecule has 0 atom stereocenters. The molecule has 146 valence electrons. The first-order valence-corrected chi connectivity index (χ1v) is 10.2. The number of piperidine rings is 1. The van der Waals surface area contributed by atoms with Gasteiger partial charge in [0.2, 0.25) is 0 Å². The van der Waals surface area contributed by atoms with Crippen LogP contribution in [-0.2, 0) is 7.05 Å². The highest BCUT2D eigenvalue weighted by Crippen LogP contribution is 2.28. The van der Waals surface area contributed by atoms with Gasteiger partial charge < -0.3 is 10.2 Å². The minimum atomic E-state index is 0.521. The average Bonchev–Trinajstić information content (AvgIpc) is 3.14. The molecule has 1 N–H and O–H groups in total. The van der Waals surface area contributed by atoms with Gasteiger partial charge in [-0.05, 0) is 62.0 Å². The van der Waals surface area contributed by atoms with E-state index < -0.39 is 0 Å². The highest BCUT2D eigenvalue weighted by Gasteiger charge is 2.21. The van der Waals surface area contributed by atoms with Crippen LogP contribution in [0, 0.1) is 5.92 Å². The van der Waals surface area contributed by atoms with E-state index in [1.54, 1.807) is 0 Å². The van der Waals surface area contributed by atoms with Gasteiger partial charge in [0.05, 0.1) is 6.20 Å². The van der Waals surface area contributed by atoms with Crippen LogP contribution in [0.2, 0.25) is 0 Å². The second kappa shape index (κ2) is 8.15. The fraction of sp³-hybridized carbons (Fsp3) is 0.391. The molecule has 5 nitrogen and oxygen atoms in total. The van der Waals surface area contributed by atoms with Crippen molar-refractivity contribution in [2.24, 2.45) is 13.0 Å². The largest absolute Gasteiger partial charge is 0.344 e. The van der Waals surface area contributed by atoms with Gasteiger partial charge in [-0.3, -0.25) is 4.68 Å². The van der Waals surface area contributed by atoms with Gasteiger partial charge in [-0.25, -0.2) is 4.98 Å². The van der Waals surface area contributed by atoms with Crippen LogP contribution in [-0.4, -0.2) is 39.3 Å². The quantitative estimate of drug-likeness (QED) is 0.679. The van der Waals surface area contributed by atoms with Crippen molar-refractivity contribution in [3.63, 3.8) is 0 Å². The number of aromatic nitrogens is 3. The standard InChI is InChI=1S/C23H29N5/c1-4-9-28-10-7-18(8-11-28)17(2)26-23-13-21-12-19(5-6-20(21)14-24-23)22-15-25-27(3)16-22/h5-6,12-16,18H,2,4,7-11H2,1,3H3,(H,24,26). The molecule has 28 heavy (non-hydrogen) atoms. The van der Waals surface area contributed by atoms with Crippen molar-refractivity contribution in [2.45, 2.75) is 26.2 Å². The van der Waals surface area contributed by atoms with Gasteiger partial charge in [0.1, 0.15) is 5.82 Å². The first-order valence-electron chi connectivity index (χ1n) is 10.2. The summed E-state index contributed by atoms with van der Waals surface area (Å²) in [4.78, 5) is 7.15. The SMILES string of the molecule is C=C(Nc1cc2cc(-c3cnn(C)c3)ccc2cn1)C1CCN(CCC)CC1. The molecule has 1 fully saturated rings. The Morgan fingerprint density at radius 3 is 2.68 bits per heavy atom. The third-order valence-corrected chi connectivity index (χ3v) is 5.67. The molecule has 1 saturated heterocycles. The molecule has 1 aromatic carbocycles. The zero-order chi connectivity index (χ0) is 19.5. The Kier molecular flexibility index (Phi) is 5.44. The van der Waals surface area contributed by atoms with Crippen molar-refractivity contribution >= 4 is 16.6 Å². The van der Waals surface area contributed by atoms with Crippen LogP contribution >= 0.6 is 0 Å². The first kappa shape index (κ1) is 18.7. The van der Waals surface area contributed by atoms with Crippen LogP contribution < -0.4 is 5.32 Å². The zero-order valence-corrected chi connectivity index (χ0v) is 16.9. The van der Waals surface area contributed by atoms with Gasteiger partial charge in [0.25, 0.3) is 0 Å². The third kappa shape index (κ3) is 4.09. The van der Waals surface area contributed by atoms with Crippen LogP contribution in [0.5, 0.6) is 0 Å². The predicted molar refractivity (Wildman–Crippen MR) is 116 cm³/mol. The molecule has 2 aromatic heterocycles. The van der Waals surface area contributed by atoms with E-state index in [0.717, 1.165) is 22.5 Å². The number of aryl methyl sites for hydroxylation is 1. The summed E-state index contributed by atoms with van der Waals surface area (Å²) in [6, 6.07) is 8.56. The number of benzene rings is 1. The highest BCUT2D eigenvalue weighted by atomic mass is 15.2. The van der Waals surface area contributed by atoms with E-state index in [0.29, 0.717) is 5.92 Å². The number of pyridine rings is 1. The minimum absolute atomic E-state index is 0.521. The monoisotopic (exact) mass is 375 g/mol.